The third-order valence-electron chi connectivity index (χ3n) is 3.68. The van der Waals surface area contributed by atoms with Crippen LogP contribution in [0.15, 0.2) is 28.7 Å². The van der Waals surface area contributed by atoms with Crippen LogP contribution < -0.4 is 16.4 Å². The monoisotopic (exact) mass is 353 g/mol. The maximum absolute atomic E-state index is 12.1. The Bertz CT molecular complexity index is 515. The Kier molecular flexibility index (Phi) is 5.61. The van der Waals surface area contributed by atoms with Gasteiger partial charge in [0.15, 0.2) is 0 Å². The molecule has 0 heterocycles. The zero-order valence-electron chi connectivity index (χ0n) is 11.8. The Morgan fingerprint density at radius 3 is 2.67 bits per heavy atom. The smallest absolute Gasteiger partial charge is 0.312 e. The van der Waals surface area contributed by atoms with Crippen LogP contribution >= 0.6 is 15.9 Å². The van der Waals surface area contributed by atoms with Gasteiger partial charge in [0.05, 0.1) is 12.5 Å². The van der Waals surface area contributed by atoms with Crippen molar-refractivity contribution in [2.24, 2.45) is 5.73 Å². The van der Waals surface area contributed by atoms with E-state index in [1.165, 1.54) is 12.8 Å². The highest BCUT2D eigenvalue weighted by molar-refractivity contribution is 9.10. The summed E-state index contributed by atoms with van der Waals surface area (Å²) in [6.45, 7) is 0. The zero-order chi connectivity index (χ0) is 15.2. The summed E-state index contributed by atoms with van der Waals surface area (Å²) in [4.78, 5) is 23.3. The predicted octanol–water partition coefficient (Wildman–Crippen LogP) is 2.61. The van der Waals surface area contributed by atoms with E-state index in [4.69, 9.17) is 5.73 Å². The summed E-state index contributed by atoms with van der Waals surface area (Å²) in [5.41, 5.74) is 6.07. The summed E-state index contributed by atoms with van der Waals surface area (Å²) in [5.74, 6) is -0.0550. The number of hydrogen-bond acceptors (Lipinski definition) is 2. The topological polar surface area (TPSA) is 84.2 Å². The molecule has 5 nitrogen and oxygen atoms in total. The molecule has 0 radical (unpaired) electrons. The van der Waals surface area contributed by atoms with E-state index >= 15 is 0 Å². The first kappa shape index (κ1) is 15.8. The number of halogens is 1. The number of nitrogens with two attached hydrogens (primary N) is 1. The van der Waals surface area contributed by atoms with Crippen molar-refractivity contribution in [3.63, 3.8) is 0 Å². The van der Waals surface area contributed by atoms with Gasteiger partial charge in [-0.25, -0.2) is 4.79 Å². The minimum atomic E-state index is -0.631. The molecule has 3 amide bonds. The lowest BCUT2D eigenvalue weighted by Gasteiger charge is -2.19. The van der Waals surface area contributed by atoms with Crippen molar-refractivity contribution >= 4 is 27.9 Å². The molecule has 1 aromatic carbocycles. The molecule has 21 heavy (non-hydrogen) atoms. The molecule has 0 saturated heterocycles. The molecular weight excluding hydrogens is 334 g/mol. The van der Waals surface area contributed by atoms with Crippen LogP contribution in [0.1, 0.15) is 43.7 Å². The van der Waals surface area contributed by atoms with E-state index in [1.807, 2.05) is 24.3 Å². The molecule has 1 aliphatic carbocycles. The number of nitrogens with one attached hydrogen (secondary N) is 2. The normalized spacial score (nSPS) is 16.4. The SMILES string of the molecule is NC(=O)NC(CC(=O)NC1CCCC1)c1cccc(Br)c1. The lowest BCUT2D eigenvalue weighted by atomic mass is 10.0. The van der Waals surface area contributed by atoms with Crippen molar-refractivity contribution in [2.75, 3.05) is 0 Å². The quantitative estimate of drug-likeness (QED) is 0.759. The largest absolute Gasteiger partial charge is 0.353 e. The first-order chi connectivity index (χ1) is 10.0. The Labute approximate surface area is 132 Å². The molecule has 6 heteroatoms. The summed E-state index contributed by atoms with van der Waals surface area (Å²) in [6, 6.07) is 6.73. The zero-order valence-corrected chi connectivity index (χ0v) is 13.4. The first-order valence-corrected chi connectivity index (χ1v) is 7.94. The van der Waals surface area contributed by atoms with Gasteiger partial charge in [0, 0.05) is 10.5 Å². The third-order valence-corrected chi connectivity index (χ3v) is 4.17. The van der Waals surface area contributed by atoms with Crippen LogP contribution in [-0.2, 0) is 4.79 Å². The van der Waals surface area contributed by atoms with E-state index in [0.29, 0.717) is 0 Å². The summed E-state index contributed by atoms with van der Waals surface area (Å²) < 4.78 is 0.896. The molecule has 1 aromatic rings. The number of hydrogen-bond donors (Lipinski definition) is 3. The van der Waals surface area contributed by atoms with Crippen molar-refractivity contribution in [3.05, 3.63) is 34.3 Å². The second-order valence-corrected chi connectivity index (χ2v) is 6.28. The Morgan fingerprint density at radius 1 is 1.33 bits per heavy atom. The first-order valence-electron chi connectivity index (χ1n) is 7.15. The van der Waals surface area contributed by atoms with Gasteiger partial charge in [-0.2, -0.15) is 0 Å². The van der Waals surface area contributed by atoms with Gasteiger partial charge in [-0.3, -0.25) is 4.79 Å². The van der Waals surface area contributed by atoms with Crippen molar-refractivity contribution < 1.29 is 9.59 Å². The minimum Gasteiger partial charge on any atom is -0.353 e. The standard InChI is InChI=1S/C15H20BrN3O2/c16-11-5-3-4-10(8-11)13(19-15(17)21)9-14(20)18-12-6-1-2-7-12/h3-5,8,12-13H,1-2,6-7,9H2,(H,18,20)(H3,17,19,21). The molecule has 1 fully saturated rings. The second kappa shape index (κ2) is 7.45. The second-order valence-electron chi connectivity index (χ2n) is 5.37. The fraction of sp³-hybridized carbons (Fsp3) is 0.467. The van der Waals surface area contributed by atoms with E-state index in [9.17, 15) is 9.59 Å². The average Bonchev–Trinajstić information content (AvgIpc) is 2.90. The summed E-state index contributed by atoms with van der Waals surface area (Å²) in [7, 11) is 0. The molecular formula is C15H20BrN3O2. The summed E-state index contributed by atoms with van der Waals surface area (Å²) >= 11 is 3.39. The fourth-order valence-electron chi connectivity index (χ4n) is 2.69. The molecule has 2 rings (SSSR count). The highest BCUT2D eigenvalue weighted by atomic mass is 79.9. The van der Waals surface area contributed by atoms with Crippen molar-refractivity contribution in [2.45, 2.75) is 44.2 Å². The van der Waals surface area contributed by atoms with E-state index in [2.05, 4.69) is 26.6 Å². The van der Waals surface area contributed by atoms with Crippen molar-refractivity contribution in [1.29, 1.82) is 0 Å². The van der Waals surface area contributed by atoms with E-state index in [-0.39, 0.29) is 18.4 Å². The Hall–Kier alpha value is -1.56. The Morgan fingerprint density at radius 2 is 2.05 bits per heavy atom. The minimum absolute atomic E-state index is 0.0550. The molecule has 4 N–H and O–H groups in total. The van der Waals surface area contributed by atoms with Gasteiger partial charge < -0.3 is 16.4 Å². The molecule has 0 spiro atoms. The molecule has 0 bridgehead atoms. The van der Waals surface area contributed by atoms with Crippen molar-refractivity contribution in [3.8, 4) is 0 Å². The molecule has 1 saturated carbocycles. The highest BCUT2D eigenvalue weighted by Crippen LogP contribution is 2.22. The van der Waals surface area contributed by atoms with Gasteiger partial charge in [-0.15, -0.1) is 0 Å². The van der Waals surface area contributed by atoms with E-state index in [0.717, 1.165) is 22.9 Å². The van der Waals surface area contributed by atoms with Crippen LogP contribution in [0.4, 0.5) is 4.79 Å². The van der Waals surface area contributed by atoms with Crippen LogP contribution in [0.3, 0.4) is 0 Å². The Balaban J connectivity index is 2.01. The number of benzene rings is 1. The molecule has 0 aromatic heterocycles. The van der Waals surface area contributed by atoms with Gasteiger partial charge in [-0.05, 0) is 30.5 Å². The lowest BCUT2D eigenvalue weighted by molar-refractivity contribution is -0.122. The number of primary amides is 1. The molecule has 1 aliphatic rings. The van der Waals surface area contributed by atoms with Crippen LogP contribution in [0.25, 0.3) is 0 Å². The fourth-order valence-corrected chi connectivity index (χ4v) is 3.11. The molecule has 0 aliphatic heterocycles. The van der Waals surface area contributed by atoms with Gasteiger partial charge in [-0.1, -0.05) is 40.9 Å². The number of carbonyl (C=O) groups excluding carboxylic acids is 2. The summed E-state index contributed by atoms with van der Waals surface area (Å²) in [5, 5.41) is 5.66. The van der Waals surface area contributed by atoms with Gasteiger partial charge in [0.1, 0.15) is 0 Å². The van der Waals surface area contributed by atoms with Crippen LogP contribution in [0.5, 0.6) is 0 Å². The maximum atomic E-state index is 12.1. The number of rotatable bonds is 5. The number of urea groups is 1. The molecule has 1 atom stereocenters. The number of amides is 3. The third kappa shape index (κ3) is 5.04. The number of carbonyl (C=O) groups is 2. The van der Waals surface area contributed by atoms with Gasteiger partial charge in [0.25, 0.3) is 0 Å². The van der Waals surface area contributed by atoms with E-state index < -0.39 is 12.1 Å². The highest BCUT2D eigenvalue weighted by Gasteiger charge is 2.21. The van der Waals surface area contributed by atoms with Crippen LogP contribution in [0.2, 0.25) is 0 Å². The van der Waals surface area contributed by atoms with Crippen molar-refractivity contribution in [1.82, 2.24) is 10.6 Å². The average molecular weight is 354 g/mol. The van der Waals surface area contributed by atoms with Gasteiger partial charge >= 0.3 is 6.03 Å². The predicted molar refractivity (Wildman–Crippen MR) is 84.6 cm³/mol. The maximum Gasteiger partial charge on any atom is 0.312 e. The summed E-state index contributed by atoms with van der Waals surface area (Å²) in [6.07, 6.45) is 4.60. The van der Waals surface area contributed by atoms with E-state index in [1.54, 1.807) is 0 Å². The van der Waals surface area contributed by atoms with Gasteiger partial charge in [0.2, 0.25) is 5.91 Å². The van der Waals surface area contributed by atoms with Crippen LogP contribution in [0, 0.1) is 0 Å². The molecule has 1 unspecified atom stereocenters. The molecule has 114 valence electrons. The lowest BCUT2D eigenvalue weighted by Crippen LogP contribution is -2.39. The van der Waals surface area contributed by atoms with Crippen LogP contribution in [-0.4, -0.2) is 18.0 Å².